The van der Waals surface area contributed by atoms with Gasteiger partial charge in [-0.2, -0.15) is 0 Å². The van der Waals surface area contributed by atoms with Crippen LogP contribution in [0, 0.1) is 5.82 Å². The van der Waals surface area contributed by atoms with Crippen LogP contribution in [-0.4, -0.2) is 25.2 Å². The summed E-state index contributed by atoms with van der Waals surface area (Å²) in [6, 6.07) is 6.01. The van der Waals surface area contributed by atoms with E-state index in [9.17, 15) is 4.39 Å². The first-order valence-electron chi connectivity index (χ1n) is 7.06. The summed E-state index contributed by atoms with van der Waals surface area (Å²) >= 11 is 0. The Bertz CT molecular complexity index is 451. The summed E-state index contributed by atoms with van der Waals surface area (Å²) in [5.41, 5.74) is 6.80. The molecule has 2 N–H and O–H groups in total. The zero-order chi connectivity index (χ0) is 13.4. The molecule has 1 aromatic carbocycles. The Morgan fingerprint density at radius 1 is 1.26 bits per heavy atom. The van der Waals surface area contributed by atoms with Crippen molar-refractivity contribution in [3.8, 4) is 5.75 Å². The van der Waals surface area contributed by atoms with E-state index in [1.165, 1.54) is 12.5 Å². The molecule has 2 heterocycles. The van der Waals surface area contributed by atoms with E-state index >= 15 is 0 Å². The van der Waals surface area contributed by atoms with E-state index in [2.05, 4.69) is 4.90 Å². The van der Waals surface area contributed by atoms with Crippen LogP contribution in [0.1, 0.15) is 32.1 Å². The number of rotatable bonds is 2. The molecule has 3 nitrogen and oxygen atoms in total. The lowest BCUT2D eigenvalue weighted by Crippen LogP contribution is -2.55. The summed E-state index contributed by atoms with van der Waals surface area (Å²) < 4.78 is 19.4. The number of methoxy groups -OCH3 is 1. The first kappa shape index (κ1) is 12.7. The molecule has 2 atom stereocenters. The number of halogens is 1. The summed E-state index contributed by atoms with van der Waals surface area (Å²) in [4.78, 5) is 2.25. The van der Waals surface area contributed by atoms with E-state index in [1.807, 2.05) is 6.07 Å². The van der Waals surface area contributed by atoms with E-state index in [4.69, 9.17) is 10.5 Å². The summed E-state index contributed by atoms with van der Waals surface area (Å²) in [6.07, 6.45) is 5.38. The molecule has 104 valence electrons. The highest BCUT2D eigenvalue weighted by Gasteiger charge is 2.38. The van der Waals surface area contributed by atoms with Gasteiger partial charge in [0.05, 0.1) is 12.8 Å². The Morgan fingerprint density at radius 3 is 2.58 bits per heavy atom. The van der Waals surface area contributed by atoms with Crippen LogP contribution in [-0.2, 0) is 0 Å². The molecule has 0 amide bonds. The van der Waals surface area contributed by atoms with E-state index in [-0.39, 0.29) is 11.9 Å². The van der Waals surface area contributed by atoms with Crippen LogP contribution < -0.4 is 15.4 Å². The summed E-state index contributed by atoms with van der Waals surface area (Å²) in [5.74, 6) is 0.553. The first-order valence-corrected chi connectivity index (χ1v) is 7.06. The Labute approximate surface area is 113 Å². The van der Waals surface area contributed by atoms with E-state index in [0.717, 1.165) is 25.7 Å². The summed E-state index contributed by atoms with van der Waals surface area (Å²) in [7, 11) is 1.62. The highest BCUT2D eigenvalue weighted by atomic mass is 19.1. The quantitative estimate of drug-likeness (QED) is 0.892. The van der Waals surface area contributed by atoms with E-state index < -0.39 is 0 Å². The molecule has 1 aromatic rings. The molecule has 2 aliphatic rings. The molecule has 0 aliphatic carbocycles. The fourth-order valence-corrected chi connectivity index (χ4v) is 3.63. The second kappa shape index (κ2) is 5.00. The van der Waals surface area contributed by atoms with Gasteiger partial charge in [-0.1, -0.05) is 0 Å². The van der Waals surface area contributed by atoms with Crippen molar-refractivity contribution >= 4 is 5.69 Å². The molecule has 19 heavy (non-hydrogen) atoms. The van der Waals surface area contributed by atoms with Crippen molar-refractivity contribution in [3.63, 3.8) is 0 Å². The highest BCUT2D eigenvalue weighted by molar-refractivity contribution is 5.54. The maximum Gasteiger partial charge on any atom is 0.146 e. The van der Waals surface area contributed by atoms with Gasteiger partial charge in [0.2, 0.25) is 0 Å². The number of benzene rings is 1. The van der Waals surface area contributed by atoms with Crippen molar-refractivity contribution in [2.45, 2.75) is 50.2 Å². The number of anilines is 1. The van der Waals surface area contributed by atoms with Crippen molar-refractivity contribution in [1.82, 2.24) is 0 Å². The van der Waals surface area contributed by atoms with Gasteiger partial charge < -0.3 is 15.4 Å². The minimum atomic E-state index is -0.159. The van der Waals surface area contributed by atoms with E-state index in [1.54, 1.807) is 13.2 Å². The third-order valence-corrected chi connectivity index (χ3v) is 4.44. The number of fused-ring (bicyclic) bond motifs is 2. The Morgan fingerprint density at radius 2 is 1.95 bits per heavy atom. The Kier molecular flexibility index (Phi) is 3.35. The van der Waals surface area contributed by atoms with Crippen LogP contribution in [0.4, 0.5) is 10.1 Å². The van der Waals surface area contributed by atoms with Crippen LogP contribution in [0.25, 0.3) is 0 Å². The molecule has 2 aliphatic heterocycles. The van der Waals surface area contributed by atoms with Crippen LogP contribution in [0.2, 0.25) is 0 Å². The van der Waals surface area contributed by atoms with Gasteiger partial charge in [0.1, 0.15) is 11.6 Å². The fraction of sp³-hybridized carbons (Fsp3) is 0.600. The van der Waals surface area contributed by atoms with Gasteiger partial charge in [-0.05, 0) is 44.2 Å². The fourth-order valence-electron chi connectivity index (χ4n) is 3.63. The second-order valence-electron chi connectivity index (χ2n) is 5.69. The van der Waals surface area contributed by atoms with Crippen LogP contribution in [0.3, 0.4) is 0 Å². The maximum absolute atomic E-state index is 14.2. The SMILES string of the molecule is COc1ccc(F)c(N2C3CCCC2CC(N)C3)c1. The largest absolute Gasteiger partial charge is 0.497 e. The summed E-state index contributed by atoms with van der Waals surface area (Å²) in [5, 5.41) is 0. The van der Waals surface area contributed by atoms with Crippen molar-refractivity contribution in [2.24, 2.45) is 5.73 Å². The zero-order valence-electron chi connectivity index (χ0n) is 11.3. The molecular weight excluding hydrogens is 243 g/mol. The molecule has 2 fully saturated rings. The average Bonchev–Trinajstić information content (AvgIpc) is 2.39. The van der Waals surface area contributed by atoms with Gasteiger partial charge in [0, 0.05) is 24.2 Å². The van der Waals surface area contributed by atoms with Gasteiger partial charge in [-0.15, -0.1) is 0 Å². The summed E-state index contributed by atoms with van der Waals surface area (Å²) in [6.45, 7) is 0. The lowest BCUT2D eigenvalue weighted by Gasteiger charge is -2.49. The molecule has 3 rings (SSSR count). The lowest BCUT2D eigenvalue weighted by atomic mass is 9.81. The normalized spacial score (nSPS) is 30.3. The third-order valence-electron chi connectivity index (χ3n) is 4.44. The number of ether oxygens (including phenoxy) is 1. The van der Waals surface area contributed by atoms with Crippen LogP contribution in [0.5, 0.6) is 5.75 Å². The van der Waals surface area contributed by atoms with Gasteiger partial charge in [-0.3, -0.25) is 0 Å². The standard InChI is InChI=1S/C15H21FN2O/c1-19-13-5-6-14(16)15(9-13)18-11-3-2-4-12(18)8-10(17)7-11/h5-6,9-12H,2-4,7-8,17H2,1H3. The van der Waals surface area contributed by atoms with Gasteiger partial charge in [0.15, 0.2) is 0 Å². The minimum absolute atomic E-state index is 0.159. The maximum atomic E-state index is 14.2. The molecule has 0 aromatic heterocycles. The van der Waals surface area contributed by atoms with Crippen LogP contribution in [0.15, 0.2) is 18.2 Å². The highest BCUT2D eigenvalue weighted by Crippen LogP contribution is 2.39. The second-order valence-corrected chi connectivity index (χ2v) is 5.69. The lowest BCUT2D eigenvalue weighted by molar-refractivity contribution is 0.268. The van der Waals surface area contributed by atoms with Gasteiger partial charge in [-0.25, -0.2) is 4.39 Å². The molecule has 2 bridgehead atoms. The number of piperidine rings is 2. The number of nitrogens with zero attached hydrogens (tertiary/aromatic N) is 1. The van der Waals surface area contributed by atoms with Crippen LogP contribution >= 0.6 is 0 Å². The van der Waals surface area contributed by atoms with E-state index in [0.29, 0.717) is 23.5 Å². The number of hydrogen-bond acceptors (Lipinski definition) is 3. The van der Waals surface area contributed by atoms with Crippen molar-refractivity contribution < 1.29 is 9.13 Å². The molecule has 0 radical (unpaired) electrons. The molecule has 4 heteroatoms. The predicted molar refractivity (Wildman–Crippen MR) is 74.1 cm³/mol. The Hall–Kier alpha value is -1.29. The van der Waals surface area contributed by atoms with Crippen molar-refractivity contribution in [3.05, 3.63) is 24.0 Å². The van der Waals surface area contributed by atoms with Gasteiger partial charge >= 0.3 is 0 Å². The Balaban J connectivity index is 1.96. The molecule has 0 spiro atoms. The smallest absolute Gasteiger partial charge is 0.146 e. The molecule has 2 saturated heterocycles. The number of hydrogen-bond donors (Lipinski definition) is 1. The predicted octanol–water partition coefficient (Wildman–Crippen LogP) is 2.68. The third kappa shape index (κ3) is 2.29. The monoisotopic (exact) mass is 264 g/mol. The topological polar surface area (TPSA) is 38.5 Å². The molecule has 0 saturated carbocycles. The number of nitrogens with two attached hydrogens (primary N) is 1. The minimum Gasteiger partial charge on any atom is -0.497 e. The van der Waals surface area contributed by atoms with Gasteiger partial charge in [0.25, 0.3) is 0 Å². The molecule has 2 unspecified atom stereocenters. The average molecular weight is 264 g/mol. The van der Waals surface area contributed by atoms with Crippen molar-refractivity contribution in [2.75, 3.05) is 12.0 Å². The van der Waals surface area contributed by atoms with Crippen molar-refractivity contribution in [1.29, 1.82) is 0 Å². The first-order chi connectivity index (χ1) is 9.19. The zero-order valence-corrected chi connectivity index (χ0v) is 11.3. The molecular formula is C15H21FN2O.